The van der Waals surface area contributed by atoms with Crippen LogP contribution >= 0.6 is 0 Å². The number of carbonyl (C=O) groups excluding carboxylic acids is 2. The van der Waals surface area contributed by atoms with E-state index in [-0.39, 0.29) is 17.8 Å². The molecule has 142 valence electrons. The number of hydrogen-bond acceptors (Lipinski definition) is 4. The molecule has 6 nitrogen and oxygen atoms in total. The molecule has 0 radical (unpaired) electrons. The third-order valence-electron chi connectivity index (χ3n) is 4.71. The van der Waals surface area contributed by atoms with Crippen LogP contribution in [0.2, 0.25) is 0 Å². The Morgan fingerprint density at radius 2 is 1.89 bits per heavy atom. The molecule has 1 aromatic carbocycles. The van der Waals surface area contributed by atoms with Gasteiger partial charge in [0, 0.05) is 23.7 Å². The molecule has 6 heteroatoms. The second-order valence-corrected chi connectivity index (χ2v) is 7.99. The van der Waals surface area contributed by atoms with Gasteiger partial charge in [0.2, 0.25) is 17.8 Å². The van der Waals surface area contributed by atoms with Gasteiger partial charge in [0.15, 0.2) is 0 Å². The van der Waals surface area contributed by atoms with Gasteiger partial charge in [-0.05, 0) is 25.3 Å². The van der Waals surface area contributed by atoms with Gasteiger partial charge < -0.3 is 4.90 Å². The zero-order valence-corrected chi connectivity index (χ0v) is 16.3. The minimum Gasteiger partial charge on any atom is -0.330 e. The smallest absolute Gasteiger partial charge is 0.249 e. The van der Waals surface area contributed by atoms with Gasteiger partial charge in [-0.3, -0.25) is 14.9 Å². The number of aromatic nitrogens is 2. The maximum atomic E-state index is 12.8. The van der Waals surface area contributed by atoms with Crippen molar-refractivity contribution < 1.29 is 9.59 Å². The van der Waals surface area contributed by atoms with E-state index in [2.05, 4.69) is 15.3 Å². The van der Waals surface area contributed by atoms with E-state index < -0.39 is 11.5 Å². The van der Waals surface area contributed by atoms with E-state index in [9.17, 15) is 9.59 Å². The predicted molar refractivity (Wildman–Crippen MR) is 105 cm³/mol. The fourth-order valence-corrected chi connectivity index (χ4v) is 3.30. The lowest BCUT2D eigenvalue weighted by atomic mass is 9.94. The molecule has 0 spiro atoms. The van der Waals surface area contributed by atoms with Crippen LogP contribution in [0.4, 0.5) is 5.95 Å². The Labute approximate surface area is 160 Å². The molecule has 1 fully saturated rings. The van der Waals surface area contributed by atoms with E-state index in [4.69, 9.17) is 0 Å². The summed E-state index contributed by atoms with van der Waals surface area (Å²) in [7, 11) is 0. The summed E-state index contributed by atoms with van der Waals surface area (Å²) < 4.78 is 0. The van der Waals surface area contributed by atoms with Crippen LogP contribution in [0.25, 0.3) is 11.3 Å². The van der Waals surface area contributed by atoms with Gasteiger partial charge in [-0.1, -0.05) is 51.1 Å². The van der Waals surface area contributed by atoms with Crippen LogP contribution < -0.4 is 5.32 Å². The molecule has 1 aromatic heterocycles. The number of benzene rings is 1. The molecule has 3 rings (SSSR count). The first-order valence-electron chi connectivity index (χ1n) is 9.28. The highest BCUT2D eigenvalue weighted by atomic mass is 16.2. The van der Waals surface area contributed by atoms with Gasteiger partial charge in [-0.2, -0.15) is 0 Å². The van der Waals surface area contributed by atoms with Crippen molar-refractivity contribution in [3.63, 3.8) is 0 Å². The molecule has 2 amide bonds. The lowest BCUT2D eigenvalue weighted by Crippen LogP contribution is -2.47. The maximum Gasteiger partial charge on any atom is 0.249 e. The number of anilines is 1. The average molecular weight is 366 g/mol. The topological polar surface area (TPSA) is 75.2 Å². The maximum absolute atomic E-state index is 12.8. The number of nitrogens with zero attached hydrogens (tertiary/aromatic N) is 3. The second-order valence-electron chi connectivity index (χ2n) is 7.99. The van der Waals surface area contributed by atoms with E-state index >= 15 is 0 Å². The van der Waals surface area contributed by atoms with Crippen LogP contribution in [0.3, 0.4) is 0 Å². The summed E-state index contributed by atoms with van der Waals surface area (Å²) >= 11 is 0. The Morgan fingerprint density at radius 3 is 2.56 bits per heavy atom. The fraction of sp³-hybridized carbons (Fsp3) is 0.429. The first-order chi connectivity index (χ1) is 12.8. The van der Waals surface area contributed by atoms with Crippen LogP contribution in [-0.4, -0.2) is 39.3 Å². The molecule has 0 aliphatic carbocycles. The highest BCUT2D eigenvalue weighted by Gasteiger charge is 2.38. The first-order valence-corrected chi connectivity index (χ1v) is 9.28. The van der Waals surface area contributed by atoms with Gasteiger partial charge in [-0.15, -0.1) is 0 Å². The average Bonchev–Trinajstić information content (AvgIpc) is 3.12. The third kappa shape index (κ3) is 4.15. The predicted octanol–water partition coefficient (Wildman–Crippen LogP) is 3.43. The lowest BCUT2D eigenvalue weighted by Gasteiger charge is -2.30. The van der Waals surface area contributed by atoms with Crippen molar-refractivity contribution in [3.05, 3.63) is 42.1 Å². The standard InChI is InChI=1S/C21H26N4O2/c1-14-13-22-20(23-17(14)15-9-6-5-7-10-15)24-18(26)16-11-8-12-25(16)19(27)21(2,3)4/h5-7,9-10,13,16H,8,11-12H2,1-4H3,(H,22,23,24,26). The second kappa shape index (κ2) is 7.47. The SMILES string of the molecule is Cc1cnc(NC(=O)C2CCCN2C(=O)C(C)(C)C)nc1-c1ccccc1. The molecule has 1 unspecified atom stereocenters. The molecule has 2 aromatic rings. The number of aryl methyl sites for hydroxylation is 1. The van der Waals surface area contributed by atoms with Crippen molar-refractivity contribution in [2.45, 2.75) is 46.6 Å². The molecule has 2 heterocycles. The number of likely N-dealkylation sites (tertiary alicyclic amines) is 1. The van der Waals surface area contributed by atoms with Crippen molar-refractivity contribution in [2.24, 2.45) is 5.41 Å². The summed E-state index contributed by atoms with van der Waals surface area (Å²) in [5.41, 5.74) is 2.18. The van der Waals surface area contributed by atoms with Crippen molar-refractivity contribution >= 4 is 17.8 Å². The van der Waals surface area contributed by atoms with E-state index in [1.54, 1.807) is 11.1 Å². The molecule has 1 saturated heterocycles. The number of nitrogens with one attached hydrogen (secondary N) is 1. The quantitative estimate of drug-likeness (QED) is 0.903. The van der Waals surface area contributed by atoms with E-state index in [0.717, 1.165) is 23.2 Å². The molecule has 0 saturated carbocycles. The minimum absolute atomic E-state index is 0.00468. The Bertz CT molecular complexity index is 843. The molecule has 1 aliphatic heterocycles. The van der Waals surface area contributed by atoms with Crippen molar-refractivity contribution in [1.82, 2.24) is 14.9 Å². The molecule has 1 atom stereocenters. The van der Waals surface area contributed by atoms with Crippen molar-refractivity contribution in [1.29, 1.82) is 0 Å². The first kappa shape index (κ1) is 19.0. The summed E-state index contributed by atoms with van der Waals surface area (Å²) in [5.74, 6) is 0.0300. The number of amides is 2. The van der Waals surface area contributed by atoms with Crippen LogP contribution in [0.15, 0.2) is 36.5 Å². The van der Waals surface area contributed by atoms with Crippen LogP contribution in [0.1, 0.15) is 39.2 Å². The number of hydrogen-bond donors (Lipinski definition) is 1. The summed E-state index contributed by atoms with van der Waals surface area (Å²) in [5, 5.41) is 2.80. The summed E-state index contributed by atoms with van der Waals surface area (Å²) in [6.07, 6.45) is 3.19. The largest absolute Gasteiger partial charge is 0.330 e. The summed E-state index contributed by atoms with van der Waals surface area (Å²) in [6, 6.07) is 9.32. The van der Waals surface area contributed by atoms with E-state index in [0.29, 0.717) is 13.0 Å². The number of carbonyl (C=O) groups is 2. The normalized spacial score (nSPS) is 17.0. The Kier molecular flexibility index (Phi) is 5.26. The van der Waals surface area contributed by atoms with Gasteiger partial charge >= 0.3 is 0 Å². The van der Waals surface area contributed by atoms with Gasteiger partial charge in [0.05, 0.1) is 5.69 Å². The minimum atomic E-state index is -0.510. The molecular formula is C21H26N4O2. The van der Waals surface area contributed by atoms with Gasteiger partial charge in [-0.25, -0.2) is 9.97 Å². The zero-order chi connectivity index (χ0) is 19.6. The van der Waals surface area contributed by atoms with E-state index in [1.165, 1.54) is 0 Å². The highest BCUT2D eigenvalue weighted by Crippen LogP contribution is 2.26. The van der Waals surface area contributed by atoms with Crippen LogP contribution in [0.5, 0.6) is 0 Å². The Balaban J connectivity index is 1.79. The lowest BCUT2D eigenvalue weighted by molar-refractivity contribution is -0.143. The molecule has 1 N–H and O–H groups in total. The molecule has 27 heavy (non-hydrogen) atoms. The Morgan fingerprint density at radius 1 is 1.19 bits per heavy atom. The van der Waals surface area contributed by atoms with E-state index in [1.807, 2.05) is 58.0 Å². The summed E-state index contributed by atoms with van der Waals surface area (Å²) in [6.45, 7) is 8.17. The fourth-order valence-electron chi connectivity index (χ4n) is 3.30. The Hall–Kier alpha value is -2.76. The van der Waals surface area contributed by atoms with Gasteiger partial charge in [0.25, 0.3) is 0 Å². The van der Waals surface area contributed by atoms with Gasteiger partial charge in [0.1, 0.15) is 6.04 Å². The highest BCUT2D eigenvalue weighted by molar-refractivity contribution is 5.97. The third-order valence-corrected chi connectivity index (χ3v) is 4.71. The van der Waals surface area contributed by atoms with Crippen LogP contribution in [-0.2, 0) is 9.59 Å². The molecule has 0 bridgehead atoms. The molecular weight excluding hydrogens is 340 g/mol. The number of rotatable bonds is 3. The summed E-state index contributed by atoms with van der Waals surface area (Å²) in [4.78, 5) is 35.9. The van der Waals surface area contributed by atoms with Crippen molar-refractivity contribution in [3.8, 4) is 11.3 Å². The van der Waals surface area contributed by atoms with Crippen molar-refractivity contribution in [2.75, 3.05) is 11.9 Å². The zero-order valence-electron chi connectivity index (χ0n) is 16.3. The van der Waals surface area contributed by atoms with Crippen LogP contribution in [0, 0.1) is 12.3 Å². The molecule has 1 aliphatic rings. The monoisotopic (exact) mass is 366 g/mol.